The van der Waals surface area contributed by atoms with Gasteiger partial charge in [0.1, 0.15) is 11.6 Å². The smallest absolute Gasteiger partial charge is 0.223 e. The van der Waals surface area contributed by atoms with Crippen molar-refractivity contribution in [3.8, 4) is 22.8 Å². The fraction of sp³-hybridized carbons (Fsp3) is 0. The van der Waals surface area contributed by atoms with Crippen LogP contribution in [0.15, 0.2) is 60.7 Å². The van der Waals surface area contributed by atoms with Gasteiger partial charge in [-0.25, -0.2) is 9.97 Å². The van der Waals surface area contributed by atoms with Crippen LogP contribution in [0.3, 0.4) is 0 Å². The lowest BCUT2D eigenvalue weighted by Gasteiger charge is -2.05. The van der Waals surface area contributed by atoms with Gasteiger partial charge in [0.25, 0.3) is 0 Å². The minimum Gasteiger partial charge on any atom is -0.324 e. The normalized spacial score (nSPS) is 10.3. The van der Waals surface area contributed by atoms with Gasteiger partial charge in [-0.2, -0.15) is 0 Å². The molecular formula is C15H11N3S. The molecule has 1 heterocycles. The molecular weight excluding hydrogens is 254 g/mol. The summed E-state index contributed by atoms with van der Waals surface area (Å²) in [6.45, 7) is 0. The lowest BCUT2D eigenvalue weighted by atomic mass is 10.2. The number of hydrogen-bond donors (Lipinski definition) is 1. The second kappa shape index (κ2) is 5.12. The minimum absolute atomic E-state index is 0.344. The Morgan fingerprint density at radius 1 is 0.684 bits per heavy atom. The van der Waals surface area contributed by atoms with Crippen molar-refractivity contribution in [3.63, 3.8) is 0 Å². The Morgan fingerprint density at radius 2 is 1.11 bits per heavy atom. The van der Waals surface area contributed by atoms with Crippen LogP contribution in [0, 0.1) is 4.77 Å². The zero-order chi connectivity index (χ0) is 13.1. The molecule has 3 nitrogen and oxygen atoms in total. The Hall–Kier alpha value is -2.33. The zero-order valence-corrected chi connectivity index (χ0v) is 10.9. The Balaban J connectivity index is 2.15. The van der Waals surface area contributed by atoms with E-state index in [1.54, 1.807) is 0 Å². The molecule has 0 atom stereocenters. The summed E-state index contributed by atoms with van der Waals surface area (Å²) >= 11 is 5.14. The van der Waals surface area contributed by atoms with Crippen molar-refractivity contribution in [1.29, 1.82) is 0 Å². The summed E-state index contributed by atoms with van der Waals surface area (Å²) in [7, 11) is 0. The van der Waals surface area contributed by atoms with Crippen molar-refractivity contribution >= 4 is 12.2 Å². The number of H-pyrrole nitrogens is 1. The Labute approximate surface area is 116 Å². The molecule has 3 aromatic rings. The lowest BCUT2D eigenvalue weighted by Crippen LogP contribution is -1.96. The molecule has 0 saturated heterocycles. The Bertz CT molecular complexity index is 675. The van der Waals surface area contributed by atoms with Crippen LogP contribution >= 0.6 is 12.2 Å². The third kappa shape index (κ3) is 2.58. The molecule has 2 aromatic carbocycles. The number of hydrogen-bond acceptors (Lipinski definition) is 3. The largest absolute Gasteiger partial charge is 0.324 e. The standard InChI is InChI=1S/C15H11N3S/c19-15-17-13(11-7-3-1-4-8-11)16-14(18-15)12-9-5-2-6-10-12/h1-10H,(H,16,17,18,19). The maximum Gasteiger partial charge on any atom is 0.223 e. The molecule has 1 aromatic heterocycles. The van der Waals surface area contributed by atoms with Crippen molar-refractivity contribution < 1.29 is 0 Å². The van der Waals surface area contributed by atoms with Crippen LogP contribution in [0.25, 0.3) is 22.8 Å². The molecule has 0 aliphatic heterocycles. The van der Waals surface area contributed by atoms with Gasteiger partial charge >= 0.3 is 0 Å². The molecule has 3 rings (SSSR count). The Morgan fingerprint density at radius 3 is 1.53 bits per heavy atom. The highest BCUT2D eigenvalue weighted by molar-refractivity contribution is 7.71. The number of nitrogens with one attached hydrogen (secondary N) is 1. The SMILES string of the molecule is S=c1nc(-c2ccccc2)[nH]c(-c2ccccc2)n1. The highest BCUT2D eigenvalue weighted by Gasteiger charge is 2.04. The molecule has 0 fully saturated rings. The summed E-state index contributed by atoms with van der Waals surface area (Å²) in [5.74, 6) is 1.47. The van der Waals surface area contributed by atoms with Crippen LogP contribution in [0.2, 0.25) is 0 Å². The quantitative estimate of drug-likeness (QED) is 0.715. The average Bonchev–Trinajstić information content (AvgIpc) is 2.48. The summed E-state index contributed by atoms with van der Waals surface area (Å²) in [5.41, 5.74) is 1.99. The molecule has 1 N–H and O–H groups in total. The lowest BCUT2D eigenvalue weighted by molar-refractivity contribution is 1.04. The number of benzene rings is 2. The molecule has 0 radical (unpaired) electrons. The maximum atomic E-state index is 5.14. The number of rotatable bonds is 2. The number of aromatic amines is 1. The van der Waals surface area contributed by atoms with E-state index in [4.69, 9.17) is 12.2 Å². The van der Waals surface area contributed by atoms with Gasteiger partial charge in [0.2, 0.25) is 4.77 Å². The van der Waals surface area contributed by atoms with Crippen LogP contribution in [0.1, 0.15) is 0 Å². The highest BCUT2D eigenvalue weighted by Crippen LogP contribution is 2.18. The van der Waals surface area contributed by atoms with E-state index in [1.165, 1.54) is 0 Å². The minimum atomic E-state index is 0.344. The van der Waals surface area contributed by atoms with Gasteiger partial charge in [-0.1, -0.05) is 60.7 Å². The van der Waals surface area contributed by atoms with Crippen LogP contribution in [0.4, 0.5) is 0 Å². The molecule has 0 unspecified atom stereocenters. The fourth-order valence-corrected chi connectivity index (χ4v) is 2.03. The molecule has 0 saturated carbocycles. The second-order valence-electron chi connectivity index (χ2n) is 4.06. The molecule has 0 aliphatic carbocycles. The fourth-order valence-electron chi connectivity index (χ4n) is 1.85. The van der Waals surface area contributed by atoms with Crippen LogP contribution in [-0.4, -0.2) is 15.0 Å². The van der Waals surface area contributed by atoms with Crippen molar-refractivity contribution in [2.24, 2.45) is 0 Å². The molecule has 92 valence electrons. The van der Waals surface area contributed by atoms with Gasteiger partial charge in [-0.3, -0.25) is 0 Å². The van der Waals surface area contributed by atoms with E-state index in [-0.39, 0.29) is 0 Å². The first-order valence-electron chi connectivity index (χ1n) is 5.92. The van der Waals surface area contributed by atoms with Crippen molar-refractivity contribution in [3.05, 3.63) is 65.4 Å². The van der Waals surface area contributed by atoms with Gasteiger partial charge in [0.15, 0.2) is 0 Å². The summed E-state index contributed by atoms with van der Waals surface area (Å²) in [6.07, 6.45) is 0. The van der Waals surface area contributed by atoms with E-state index >= 15 is 0 Å². The summed E-state index contributed by atoms with van der Waals surface area (Å²) < 4.78 is 0.344. The third-order valence-corrected chi connectivity index (χ3v) is 2.93. The van der Waals surface area contributed by atoms with Crippen molar-refractivity contribution in [1.82, 2.24) is 15.0 Å². The van der Waals surface area contributed by atoms with Gasteiger partial charge in [0.05, 0.1) is 0 Å². The zero-order valence-electron chi connectivity index (χ0n) is 10.1. The first-order chi connectivity index (χ1) is 9.33. The molecule has 0 bridgehead atoms. The van der Waals surface area contributed by atoms with Crippen LogP contribution in [-0.2, 0) is 0 Å². The molecule has 0 aliphatic rings. The average molecular weight is 265 g/mol. The molecule has 4 heteroatoms. The van der Waals surface area contributed by atoms with Crippen molar-refractivity contribution in [2.45, 2.75) is 0 Å². The second-order valence-corrected chi connectivity index (χ2v) is 4.43. The molecule has 19 heavy (non-hydrogen) atoms. The van der Waals surface area contributed by atoms with E-state index in [2.05, 4.69) is 15.0 Å². The van der Waals surface area contributed by atoms with Gasteiger partial charge in [0, 0.05) is 11.1 Å². The summed E-state index contributed by atoms with van der Waals surface area (Å²) in [4.78, 5) is 11.8. The van der Waals surface area contributed by atoms with E-state index in [0.717, 1.165) is 22.8 Å². The van der Waals surface area contributed by atoms with E-state index < -0.39 is 0 Å². The molecule has 0 amide bonds. The van der Waals surface area contributed by atoms with E-state index in [1.807, 2.05) is 60.7 Å². The van der Waals surface area contributed by atoms with E-state index in [0.29, 0.717) is 4.77 Å². The maximum absolute atomic E-state index is 5.14. The predicted octanol–water partition coefficient (Wildman–Crippen LogP) is 3.87. The van der Waals surface area contributed by atoms with E-state index in [9.17, 15) is 0 Å². The Kier molecular flexibility index (Phi) is 3.16. The monoisotopic (exact) mass is 265 g/mol. The van der Waals surface area contributed by atoms with Gasteiger partial charge in [-0.15, -0.1) is 0 Å². The van der Waals surface area contributed by atoms with Crippen LogP contribution in [0.5, 0.6) is 0 Å². The van der Waals surface area contributed by atoms with Gasteiger partial charge in [-0.05, 0) is 12.2 Å². The topological polar surface area (TPSA) is 41.6 Å². The van der Waals surface area contributed by atoms with Gasteiger partial charge < -0.3 is 4.98 Å². The number of nitrogens with zero attached hydrogens (tertiary/aromatic N) is 2. The molecule has 0 spiro atoms. The summed E-state index contributed by atoms with van der Waals surface area (Å²) in [5, 5.41) is 0. The van der Waals surface area contributed by atoms with Crippen molar-refractivity contribution in [2.75, 3.05) is 0 Å². The third-order valence-electron chi connectivity index (χ3n) is 2.75. The highest BCUT2D eigenvalue weighted by atomic mass is 32.1. The first-order valence-corrected chi connectivity index (χ1v) is 6.33. The first kappa shape index (κ1) is 11.7. The number of aromatic nitrogens is 3. The predicted molar refractivity (Wildman–Crippen MR) is 78.1 cm³/mol. The van der Waals surface area contributed by atoms with Crippen LogP contribution < -0.4 is 0 Å². The summed E-state index contributed by atoms with van der Waals surface area (Å²) in [6, 6.07) is 19.8.